The number of aliphatic imine (C=N–C) groups is 1. The first-order chi connectivity index (χ1) is 16.0. The van der Waals surface area contributed by atoms with Crippen LogP contribution in [-0.4, -0.2) is 47.9 Å². The minimum absolute atomic E-state index is 0.119. The quantitative estimate of drug-likeness (QED) is 0.481. The van der Waals surface area contributed by atoms with Crippen molar-refractivity contribution in [3.05, 3.63) is 48.5 Å². The van der Waals surface area contributed by atoms with Crippen LogP contribution in [0.25, 0.3) is 0 Å². The fraction of sp³-hybridized carbons (Fsp3) is 0.400. The summed E-state index contributed by atoms with van der Waals surface area (Å²) in [6.45, 7) is 2.87. The standard InChI is InChI=1S/C25H31N3O4S/c1-4-5-6-7-16-32-21-14-10-18(11-15-21)26-24(30)22-17-23(29)28(2)25(33-22)27-19-8-12-20(31-3)13-9-19/h8-15,22H,4-7,16-17H2,1-3H3,(H,26,30). The number of nitrogens with zero attached hydrogens (tertiary/aromatic N) is 2. The van der Waals surface area contributed by atoms with Crippen LogP contribution in [-0.2, 0) is 9.59 Å². The molecule has 33 heavy (non-hydrogen) atoms. The van der Waals surface area contributed by atoms with Crippen molar-refractivity contribution in [2.45, 2.75) is 44.3 Å². The molecule has 8 heteroatoms. The SMILES string of the molecule is CCCCCCOc1ccc(NC(=O)C2CC(=O)N(C)C(=Nc3ccc(OC)cc3)S2)cc1. The van der Waals surface area contributed by atoms with Gasteiger partial charge in [-0.05, 0) is 55.0 Å². The van der Waals surface area contributed by atoms with E-state index in [0.717, 1.165) is 17.9 Å². The summed E-state index contributed by atoms with van der Waals surface area (Å²) in [5, 5.41) is 2.83. The van der Waals surface area contributed by atoms with E-state index in [9.17, 15) is 9.59 Å². The second-order valence-electron chi connectivity index (χ2n) is 7.78. The van der Waals surface area contributed by atoms with Crippen LogP contribution in [0.15, 0.2) is 53.5 Å². The molecule has 2 aromatic rings. The van der Waals surface area contributed by atoms with Gasteiger partial charge in [-0.2, -0.15) is 0 Å². The molecule has 1 heterocycles. The Balaban J connectivity index is 1.58. The molecule has 1 aliphatic heterocycles. The van der Waals surface area contributed by atoms with Gasteiger partial charge in [-0.3, -0.25) is 14.5 Å². The largest absolute Gasteiger partial charge is 0.497 e. The number of amides is 2. The number of ether oxygens (including phenoxy) is 2. The van der Waals surface area contributed by atoms with Crippen LogP contribution < -0.4 is 14.8 Å². The van der Waals surface area contributed by atoms with Gasteiger partial charge >= 0.3 is 0 Å². The molecule has 1 atom stereocenters. The van der Waals surface area contributed by atoms with Gasteiger partial charge in [-0.1, -0.05) is 37.9 Å². The van der Waals surface area contributed by atoms with E-state index in [1.807, 2.05) is 36.4 Å². The molecule has 0 aromatic heterocycles. The molecule has 0 spiro atoms. The lowest BCUT2D eigenvalue weighted by Crippen LogP contribution is -2.43. The van der Waals surface area contributed by atoms with E-state index >= 15 is 0 Å². The van der Waals surface area contributed by atoms with Gasteiger partial charge in [0.15, 0.2) is 5.17 Å². The minimum Gasteiger partial charge on any atom is -0.497 e. The molecule has 1 aliphatic rings. The number of carbonyl (C=O) groups excluding carboxylic acids is 2. The van der Waals surface area contributed by atoms with E-state index in [4.69, 9.17) is 9.47 Å². The number of benzene rings is 2. The average molecular weight is 470 g/mol. The second kappa shape index (κ2) is 12.3. The summed E-state index contributed by atoms with van der Waals surface area (Å²) in [6.07, 6.45) is 4.74. The smallest absolute Gasteiger partial charge is 0.238 e. The highest BCUT2D eigenvalue weighted by Gasteiger charge is 2.34. The lowest BCUT2D eigenvalue weighted by atomic mass is 10.2. The van der Waals surface area contributed by atoms with Crippen LogP contribution in [0.3, 0.4) is 0 Å². The number of anilines is 1. The van der Waals surface area contributed by atoms with Crippen molar-refractivity contribution in [2.24, 2.45) is 4.99 Å². The molecule has 1 N–H and O–H groups in total. The van der Waals surface area contributed by atoms with E-state index in [1.54, 1.807) is 26.3 Å². The zero-order chi connectivity index (χ0) is 23.6. The molecule has 2 amide bonds. The molecule has 0 saturated carbocycles. The maximum atomic E-state index is 12.9. The maximum Gasteiger partial charge on any atom is 0.238 e. The Labute approximate surface area is 199 Å². The highest BCUT2D eigenvalue weighted by molar-refractivity contribution is 8.15. The van der Waals surface area contributed by atoms with Crippen molar-refractivity contribution in [3.8, 4) is 11.5 Å². The van der Waals surface area contributed by atoms with Crippen LogP contribution >= 0.6 is 11.8 Å². The summed E-state index contributed by atoms with van der Waals surface area (Å²) < 4.78 is 10.9. The van der Waals surface area contributed by atoms with Crippen LogP contribution in [0.4, 0.5) is 11.4 Å². The molecule has 7 nitrogen and oxygen atoms in total. The molecule has 0 aliphatic carbocycles. The zero-order valence-electron chi connectivity index (χ0n) is 19.4. The summed E-state index contributed by atoms with van der Waals surface area (Å²) in [6, 6.07) is 14.5. The number of amidine groups is 1. The first kappa shape index (κ1) is 24.6. The van der Waals surface area contributed by atoms with Crippen LogP contribution in [0.2, 0.25) is 0 Å². The van der Waals surface area contributed by atoms with Crippen molar-refractivity contribution in [2.75, 3.05) is 26.1 Å². The first-order valence-electron chi connectivity index (χ1n) is 11.2. The Morgan fingerprint density at radius 1 is 1.09 bits per heavy atom. The third-order valence-corrected chi connectivity index (χ3v) is 6.49. The van der Waals surface area contributed by atoms with Gasteiger partial charge in [-0.25, -0.2) is 4.99 Å². The van der Waals surface area contributed by atoms with Gasteiger partial charge in [0.2, 0.25) is 11.8 Å². The predicted octanol–water partition coefficient (Wildman–Crippen LogP) is 5.24. The summed E-state index contributed by atoms with van der Waals surface area (Å²) in [5.41, 5.74) is 1.35. The Morgan fingerprint density at radius 2 is 1.79 bits per heavy atom. The molecular formula is C25H31N3O4S. The number of thioether (sulfide) groups is 1. The van der Waals surface area contributed by atoms with Crippen molar-refractivity contribution in [1.29, 1.82) is 0 Å². The summed E-state index contributed by atoms with van der Waals surface area (Å²) in [4.78, 5) is 31.4. The molecule has 2 aromatic carbocycles. The summed E-state index contributed by atoms with van der Waals surface area (Å²) >= 11 is 1.28. The first-order valence-corrected chi connectivity index (χ1v) is 12.1. The van der Waals surface area contributed by atoms with Crippen molar-refractivity contribution in [3.63, 3.8) is 0 Å². The Hall–Kier alpha value is -3.00. The number of hydrogen-bond donors (Lipinski definition) is 1. The second-order valence-corrected chi connectivity index (χ2v) is 8.95. The van der Waals surface area contributed by atoms with Crippen molar-refractivity contribution < 1.29 is 19.1 Å². The average Bonchev–Trinajstić information content (AvgIpc) is 2.83. The highest BCUT2D eigenvalue weighted by atomic mass is 32.2. The lowest BCUT2D eigenvalue weighted by Gasteiger charge is -2.28. The molecule has 1 saturated heterocycles. The fourth-order valence-electron chi connectivity index (χ4n) is 3.24. The topological polar surface area (TPSA) is 80.2 Å². The van der Waals surface area contributed by atoms with E-state index in [2.05, 4.69) is 17.2 Å². The Morgan fingerprint density at radius 3 is 2.45 bits per heavy atom. The molecule has 176 valence electrons. The van der Waals surface area contributed by atoms with Gasteiger partial charge in [-0.15, -0.1) is 0 Å². The number of rotatable bonds is 10. The van der Waals surface area contributed by atoms with Gasteiger partial charge in [0.05, 0.1) is 19.4 Å². The minimum atomic E-state index is -0.555. The van der Waals surface area contributed by atoms with Crippen LogP contribution in [0.1, 0.15) is 39.0 Å². The third-order valence-electron chi connectivity index (χ3n) is 5.25. The number of carbonyl (C=O) groups is 2. The lowest BCUT2D eigenvalue weighted by molar-refractivity contribution is -0.128. The molecule has 3 rings (SSSR count). The molecule has 1 unspecified atom stereocenters. The molecule has 0 bridgehead atoms. The van der Waals surface area contributed by atoms with Crippen LogP contribution in [0.5, 0.6) is 11.5 Å². The van der Waals surface area contributed by atoms with E-state index < -0.39 is 5.25 Å². The number of unbranched alkanes of at least 4 members (excludes halogenated alkanes) is 3. The van der Waals surface area contributed by atoms with Gasteiger partial charge in [0, 0.05) is 19.2 Å². The van der Waals surface area contributed by atoms with Gasteiger partial charge in [0.25, 0.3) is 0 Å². The molecule has 1 fully saturated rings. The molecular weight excluding hydrogens is 438 g/mol. The Kier molecular flexibility index (Phi) is 9.18. The maximum absolute atomic E-state index is 12.9. The van der Waals surface area contributed by atoms with E-state index in [1.165, 1.54) is 35.9 Å². The van der Waals surface area contributed by atoms with Crippen molar-refractivity contribution in [1.82, 2.24) is 4.90 Å². The number of nitrogens with one attached hydrogen (secondary N) is 1. The van der Waals surface area contributed by atoms with Gasteiger partial charge < -0.3 is 14.8 Å². The highest BCUT2D eigenvalue weighted by Crippen LogP contribution is 2.29. The monoisotopic (exact) mass is 469 g/mol. The van der Waals surface area contributed by atoms with E-state index in [0.29, 0.717) is 23.1 Å². The number of methoxy groups -OCH3 is 1. The third kappa shape index (κ3) is 7.25. The van der Waals surface area contributed by atoms with Crippen molar-refractivity contribution >= 4 is 40.1 Å². The predicted molar refractivity (Wildman–Crippen MR) is 134 cm³/mol. The Bertz CT molecular complexity index is 961. The van der Waals surface area contributed by atoms with E-state index in [-0.39, 0.29) is 18.2 Å². The number of hydrogen-bond acceptors (Lipinski definition) is 6. The van der Waals surface area contributed by atoms with Gasteiger partial charge in [0.1, 0.15) is 16.7 Å². The summed E-state index contributed by atoms with van der Waals surface area (Å²) in [7, 11) is 3.27. The summed E-state index contributed by atoms with van der Waals surface area (Å²) in [5.74, 6) is 1.14. The normalized spacial score (nSPS) is 17.2. The zero-order valence-corrected chi connectivity index (χ0v) is 20.2. The van der Waals surface area contributed by atoms with Crippen LogP contribution in [0, 0.1) is 0 Å². The fourth-order valence-corrected chi connectivity index (χ4v) is 4.31. The molecule has 0 radical (unpaired) electrons.